The highest BCUT2D eigenvalue weighted by molar-refractivity contribution is 5.05. The van der Waals surface area contributed by atoms with E-state index in [2.05, 4.69) is 13.8 Å². The zero-order valence-electron chi connectivity index (χ0n) is 12.7. The molecule has 3 aliphatic rings. The van der Waals surface area contributed by atoms with E-state index < -0.39 is 0 Å². The molecule has 1 spiro atoms. The average molecular weight is 266 g/mol. The van der Waals surface area contributed by atoms with E-state index in [1.807, 2.05) is 0 Å². The molecule has 3 rings (SSSR count). The Hall–Kier alpha value is -0.0800. The van der Waals surface area contributed by atoms with Crippen LogP contribution in [-0.2, 0) is 4.74 Å². The predicted octanol–water partition coefficient (Wildman–Crippen LogP) is 4.06. The topological polar surface area (TPSA) is 29.5 Å². The van der Waals surface area contributed by atoms with Gasteiger partial charge >= 0.3 is 0 Å². The Balaban J connectivity index is 1.56. The third-order valence-corrected chi connectivity index (χ3v) is 6.17. The molecule has 2 nitrogen and oxygen atoms in total. The van der Waals surface area contributed by atoms with Crippen molar-refractivity contribution in [3.05, 3.63) is 0 Å². The van der Waals surface area contributed by atoms with E-state index in [9.17, 15) is 5.11 Å². The maximum Gasteiger partial charge on any atom is 0.0684 e. The Morgan fingerprint density at radius 1 is 0.947 bits per heavy atom. The van der Waals surface area contributed by atoms with Crippen LogP contribution in [0.5, 0.6) is 0 Å². The van der Waals surface area contributed by atoms with Crippen LogP contribution in [0.4, 0.5) is 0 Å². The van der Waals surface area contributed by atoms with E-state index in [1.54, 1.807) is 0 Å². The quantitative estimate of drug-likeness (QED) is 0.817. The zero-order valence-corrected chi connectivity index (χ0v) is 12.7. The summed E-state index contributed by atoms with van der Waals surface area (Å²) in [6.45, 7) is 4.75. The van der Waals surface area contributed by atoms with Gasteiger partial charge in [-0.2, -0.15) is 0 Å². The molecule has 3 fully saturated rings. The molecule has 0 aromatic heterocycles. The monoisotopic (exact) mass is 266 g/mol. The van der Waals surface area contributed by atoms with Crippen molar-refractivity contribution in [3.8, 4) is 0 Å². The number of ether oxygens (including phenoxy) is 1. The average Bonchev–Trinajstić information content (AvgIpc) is 2.41. The largest absolute Gasteiger partial charge is 0.392 e. The minimum absolute atomic E-state index is 0.0853. The molecule has 2 atom stereocenters. The van der Waals surface area contributed by atoms with E-state index in [4.69, 9.17) is 4.74 Å². The van der Waals surface area contributed by atoms with Crippen molar-refractivity contribution in [3.63, 3.8) is 0 Å². The number of aliphatic hydroxyl groups is 1. The first-order valence-corrected chi connectivity index (χ1v) is 8.35. The highest BCUT2D eigenvalue weighted by Crippen LogP contribution is 2.54. The first-order chi connectivity index (χ1) is 9.02. The van der Waals surface area contributed by atoms with E-state index >= 15 is 0 Å². The summed E-state index contributed by atoms with van der Waals surface area (Å²) in [5, 5.41) is 10.2. The molecule has 3 aliphatic carbocycles. The van der Waals surface area contributed by atoms with Crippen molar-refractivity contribution in [2.24, 2.45) is 10.8 Å². The lowest BCUT2D eigenvalue weighted by Crippen LogP contribution is -2.60. The van der Waals surface area contributed by atoms with Gasteiger partial charge in [0.05, 0.1) is 18.3 Å². The molecular formula is C17H30O2. The van der Waals surface area contributed by atoms with Gasteiger partial charge in [0.15, 0.2) is 0 Å². The zero-order chi connectivity index (χ0) is 13.5. The fourth-order valence-electron chi connectivity index (χ4n) is 4.52. The smallest absolute Gasteiger partial charge is 0.0684 e. The van der Waals surface area contributed by atoms with Gasteiger partial charge in [-0.3, -0.25) is 0 Å². The van der Waals surface area contributed by atoms with Crippen LogP contribution in [0.3, 0.4) is 0 Å². The number of aliphatic hydroxyl groups excluding tert-OH is 1. The maximum atomic E-state index is 10.2. The molecule has 0 aliphatic heterocycles. The van der Waals surface area contributed by atoms with Crippen LogP contribution < -0.4 is 0 Å². The van der Waals surface area contributed by atoms with Crippen LogP contribution in [0.25, 0.3) is 0 Å². The molecule has 19 heavy (non-hydrogen) atoms. The van der Waals surface area contributed by atoms with E-state index in [0.717, 1.165) is 6.42 Å². The second-order valence-electron chi connectivity index (χ2n) is 8.03. The molecule has 2 unspecified atom stereocenters. The summed E-state index contributed by atoms with van der Waals surface area (Å²) in [7, 11) is 0. The van der Waals surface area contributed by atoms with E-state index in [-0.39, 0.29) is 11.5 Å². The molecule has 1 N–H and O–H groups in total. The van der Waals surface area contributed by atoms with Gasteiger partial charge < -0.3 is 9.84 Å². The summed E-state index contributed by atoms with van der Waals surface area (Å²) in [4.78, 5) is 0. The minimum atomic E-state index is -0.0853. The van der Waals surface area contributed by atoms with E-state index in [0.29, 0.717) is 17.6 Å². The van der Waals surface area contributed by atoms with Crippen LogP contribution in [0, 0.1) is 10.8 Å². The van der Waals surface area contributed by atoms with Gasteiger partial charge in [0, 0.05) is 11.8 Å². The standard InChI is InChI=1S/C17H30O2/c1-16(2)10-6-13(7-11-16)19-15-12-14(18)17(15)8-4-3-5-9-17/h13-15,18H,3-12H2,1-2H3. The van der Waals surface area contributed by atoms with Crippen molar-refractivity contribution in [1.29, 1.82) is 0 Å². The van der Waals surface area contributed by atoms with Gasteiger partial charge in [0.25, 0.3) is 0 Å². The molecular weight excluding hydrogens is 236 g/mol. The number of hydrogen-bond acceptors (Lipinski definition) is 2. The van der Waals surface area contributed by atoms with Crippen molar-refractivity contribution >= 4 is 0 Å². The van der Waals surface area contributed by atoms with Gasteiger partial charge in [-0.1, -0.05) is 33.1 Å². The van der Waals surface area contributed by atoms with E-state index in [1.165, 1.54) is 57.8 Å². The molecule has 0 heterocycles. The van der Waals surface area contributed by atoms with Crippen molar-refractivity contribution < 1.29 is 9.84 Å². The summed E-state index contributed by atoms with van der Waals surface area (Å²) >= 11 is 0. The van der Waals surface area contributed by atoms with Crippen molar-refractivity contribution in [1.82, 2.24) is 0 Å². The summed E-state index contributed by atoms with van der Waals surface area (Å²) in [6, 6.07) is 0. The molecule has 110 valence electrons. The Morgan fingerprint density at radius 2 is 1.58 bits per heavy atom. The lowest BCUT2D eigenvalue weighted by Gasteiger charge is -2.56. The second kappa shape index (κ2) is 5.04. The SMILES string of the molecule is CC1(C)CCC(OC2CC(O)C23CCCCC3)CC1. The lowest BCUT2D eigenvalue weighted by atomic mass is 9.56. The van der Waals surface area contributed by atoms with Crippen LogP contribution in [0.15, 0.2) is 0 Å². The lowest BCUT2D eigenvalue weighted by molar-refractivity contribution is -0.227. The predicted molar refractivity (Wildman–Crippen MR) is 77.1 cm³/mol. The number of rotatable bonds is 2. The van der Waals surface area contributed by atoms with Gasteiger partial charge in [0.2, 0.25) is 0 Å². The highest BCUT2D eigenvalue weighted by atomic mass is 16.5. The fraction of sp³-hybridized carbons (Fsp3) is 1.00. The summed E-state index contributed by atoms with van der Waals surface area (Å²) in [5.41, 5.74) is 0.659. The van der Waals surface area contributed by atoms with Gasteiger partial charge in [-0.15, -0.1) is 0 Å². The molecule has 3 saturated carbocycles. The van der Waals surface area contributed by atoms with Crippen LogP contribution in [-0.4, -0.2) is 23.4 Å². The molecule has 0 bridgehead atoms. The molecule has 0 aromatic carbocycles. The molecule has 0 saturated heterocycles. The molecule has 2 heteroatoms. The van der Waals surface area contributed by atoms with Gasteiger partial charge in [0.1, 0.15) is 0 Å². The van der Waals surface area contributed by atoms with Crippen LogP contribution in [0.1, 0.15) is 78.1 Å². The Bertz CT molecular complexity index is 307. The third kappa shape index (κ3) is 2.58. The second-order valence-corrected chi connectivity index (χ2v) is 8.03. The summed E-state index contributed by atoms with van der Waals surface area (Å²) in [5.74, 6) is 0. The fourth-order valence-corrected chi connectivity index (χ4v) is 4.52. The minimum Gasteiger partial charge on any atom is -0.392 e. The summed E-state index contributed by atoms with van der Waals surface area (Å²) < 4.78 is 6.42. The Labute approximate surface area is 117 Å². The first kappa shape index (κ1) is 13.9. The van der Waals surface area contributed by atoms with Crippen LogP contribution >= 0.6 is 0 Å². The Kier molecular flexibility index (Phi) is 3.68. The van der Waals surface area contributed by atoms with Crippen molar-refractivity contribution in [2.45, 2.75) is 96.4 Å². The van der Waals surface area contributed by atoms with Gasteiger partial charge in [-0.05, 0) is 43.9 Å². The molecule has 0 amide bonds. The first-order valence-electron chi connectivity index (χ1n) is 8.35. The number of hydrogen-bond donors (Lipinski definition) is 1. The summed E-state index contributed by atoms with van der Waals surface area (Å²) in [6.07, 6.45) is 12.9. The van der Waals surface area contributed by atoms with Gasteiger partial charge in [-0.25, -0.2) is 0 Å². The third-order valence-electron chi connectivity index (χ3n) is 6.17. The van der Waals surface area contributed by atoms with Crippen LogP contribution in [0.2, 0.25) is 0 Å². The van der Waals surface area contributed by atoms with Crippen molar-refractivity contribution in [2.75, 3.05) is 0 Å². The highest BCUT2D eigenvalue weighted by Gasteiger charge is 2.55. The normalized spacial score (nSPS) is 38.1. The molecule has 0 aromatic rings. The maximum absolute atomic E-state index is 10.2. The molecule has 0 radical (unpaired) electrons. The Morgan fingerprint density at radius 3 is 2.16 bits per heavy atom.